The topological polar surface area (TPSA) is 122 Å². The minimum atomic E-state index is -5.04. The van der Waals surface area contributed by atoms with Crippen molar-refractivity contribution in [3.63, 3.8) is 0 Å². The van der Waals surface area contributed by atoms with Gasteiger partial charge in [-0.05, 0) is 48.4 Å². The summed E-state index contributed by atoms with van der Waals surface area (Å²) in [6, 6.07) is 8.05. The zero-order valence-electron chi connectivity index (χ0n) is 19.4. The summed E-state index contributed by atoms with van der Waals surface area (Å²) in [5.41, 5.74) is -2.63. The Kier molecular flexibility index (Phi) is 6.26. The molecule has 14 heteroatoms. The molecular weight excluding hydrogens is 531 g/mol. The standard InChI is InChI=1S/C24H16F3N3O7S/c1-2-35-22(32)18-19(13-5-8-15-16(10-13)37-11-36-15)29-21(31)17(38-23(29)28-20(18)24(25,26)27)9-12-3-6-14(7-4-12)30(33)34/h3-10,19H,2,11H2,1H3/b17-9-/t19-/m0/s1. The van der Waals surface area contributed by atoms with Gasteiger partial charge in [-0.1, -0.05) is 17.4 Å². The fraction of sp³-hybridized carbons (Fsp3) is 0.208. The van der Waals surface area contributed by atoms with Crippen LogP contribution in [0.2, 0.25) is 0 Å². The predicted octanol–water partition coefficient (Wildman–Crippen LogP) is 2.98. The highest BCUT2D eigenvalue weighted by Gasteiger charge is 2.45. The van der Waals surface area contributed by atoms with Gasteiger partial charge in [-0.3, -0.25) is 19.5 Å². The van der Waals surface area contributed by atoms with Gasteiger partial charge in [0.2, 0.25) is 6.79 Å². The van der Waals surface area contributed by atoms with Gasteiger partial charge in [0.25, 0.3) is 11.2 Å². The summed E-state index contributed by atoms with van der Waals surface area (Å²) in [7, 11) is 0. The molecule has 3 aromatic rings. The molecule has 2 aromatic carbocycles. The highest BCUT2D eigenvalue weighted by molar-refractivity contribution is 7.07. The van der Waals surface area contributed by atoms with E-state index >= 15 is 0 Å². The molecule has 3 heterocycles. The molecule has 38 heavy (non-hydrogen) atoms. The summed E-state index contributed by atoms with van der Waals surface area (Å²) in [5, 5.41) is 10.9. The fourth-order valence-electron chi connectivity index (χ4n) is 4.08. The maximum atomic E-state index is 14.2. The number of hydrogen-bond acceptors (Lipinski definition) is 9. The van der Waals surface area contributed by atoms with E-state index in [1.165, 1.54) is 55.5 Å². The van der Waals surface area contributed by atoms with Gasteiger partial charge < -0.3 is 14.2 Å². The van der Waals surface area contributed by atoms with Crippen molar-refractivity contribution in [2.24, 2.45) is 4.99 Å². The van der Waals surface area contributed by atoms with Crippen LogP contribution in [0.25, 0.3) is 6.08 Å². The first-order valence-corrected chi connectivity index (χ1v) is 11.8. The largest absolute Gasteiger partial charge is 0.463 e. The van der Waals surface area contributed by atoms with Crippen molar-refractivity contribution in [1.82, 2.24) is 4.57 Å². The first-order valence-electron chi connectivity index (χ1n) is 11.0. The lowest BCUT2D eigenvalue weighted by atomic mass is 9.95. The summed E-state index contributed by atoms with van der Waals surface area (Å²) in [4.78, 5) is 40.2. The molecule has 2 aliphatic heterocycles. The van der Waals surface area contributed by atoms with Crippen LogP contribution >= 0.6 is 11.3 Å². The van der Waals surface area contributed by atoms with E-state index < -0.39 is 39.9 Å². The molecule has 1 aromatic heterocycles. The molecule has 196 valence electrons. The number of nitrogens with zero attached hydrogens (tertiary/aromatic N) is 3. The molecule has 0 spiro atoms. The maximum Gasteiger partial charge on any atom is 0.434 e. The number of thiazole rings is 1. The van der Waals surface area contributed by atoms with Crippen molar-refractivity contribution < 1.29 is 37.1 Å². The van der Waals surface area contributed by atoms with Crippen LogP contribution in [0.1, 0.15) is 24.1 Å². The summed E-state index contributed by atoms with van der Waals surface area (Å²) in [5.74, 6) is -0.669. The van der Waals surface area contributed by atoms with Crippen LogP contribution in [0.3, 0.4) is 0 Å². The number of rotatable bonds is 5. The molecule has 2 aliphatic rings. The van der Waals surface area contributed by atoms with Crippen LogP contribution in [0.4, 0.5) is 18.9 Å². The number of carbonyl (C=O) groups excluding carboxylic acids is 1. The average molecular weight is 547 g/mol. The second kappa shape index (κ2) is 9.45. The van der Waals surface area contributed by atoms with Crippen LogP contribution in [-0.2, 0) is 9.53 Å². The summed E-state index contributed by atoms with van der Waals surface area (Å²) in [6.07, 6.45) is -3.66. The molecule has 0 amide bonds. The average Bonchev–Trinajstić information content (AvgIpc) is 3.46. The van der Waals surface area contributed by atoms with Crippen molar-refractivity contribution in [3.05, 3.63) is 94.7 Å². The molecule has 1 atom stereocenters. The summed E-state index contributed by atoms with van der Waals surface area (Å²) in [6.45, 7) is 1.15. The lowest BCUT2D eigenvalue weighted by molar-refractivity contribution is -0.384. The number of nitro groups is 1. The van der Waals surface area contributed by atoms with E-state index in [4.69, 9.17) is 14.2 Å². The van der Waals surface area contributed by atoms with E-state index in [1.807, 2.05) is 0 Å². The van der Waals surface area contributed by atoms with Crippen molar-refractivity contribution in [2.45, 2.75) is 19.1 Å². The van der Waals surface area contributed by atoms with E-state index in [-0.39, 0.29) is 39.7 Å². The summed E-state index contributed by atoms with van der Waals surface area (Å²) >= 11 is 0.690. The van der Waals surface area contributed by atoms with Crippen molar-refractivity contribution in [3.8, 4) is 11.5 Å². The number of non-ortho nitro benzene ring substituents is 1. The Morgan fingerprint density at radius 2 is 1.95 bits per heavy atom. The molecular formula is C24H16F3N3O7S. The number of aromatic nitrogens is 1. The lowest BCUT2D eigenvalue weighted by Gasteiger charge is -2.26. The summed E-state index contributed by atoms with van der Waals surface area (Å²) < 4.78 is 59.2. The Bertz CT molecular complexity index is 1670. The van der Waals surface area contributed by atoms with Crippen LogP contribution in [0.15, 0.2) is 63.5 Å². The first kappa shape index (κ1) is 25.2. The minimum Gasteiger partial charge on any atom is -0.463 e. The molecule has 5 rings (SSSR count). The zero-order valence-corrected chi connectivity index (χ0v) is 20.2. The fourth-order valence-corrected chi connectivity index (χ4v) is 5.08. The first-order chi connectivity index (χ1) is 18.1. The second-order valence-electron chi connectivity index (χ2n) is 8.02. The molecule has 0 radical (unpaired) electrons. The van der Waals surface area contributed by atoms with Crippen LogP contribution < -0.4 is 24.4 Å². The molecule has 0 aliphatic carbocycles. The minimum absolute atomic E-state index is 0.00924. The van der Waals surface area contributed by atoms with Gasteiger partial charge in [-0.25, -0.2) is 9.79 Å². The molecule has 0 N–H and O–H groups in total. The number of nitro benzene ring substituents is 1. The van der Waals surface area contributed by atoms with Crippen molar-refractivity contribution in [2.75, 3.05) is 13.4 Å². The van der Waals surface area contributed by atoms with Gasteiger partial charge in [0, 0.05) is 12.1 Å². The quantitative estimate of drug-likeness (QED) is 0.273. The predicted molar refractivity (Wildman–Crippen MR) is 126 cm³/mol. The van der Waals surface area contributed by atoms with E-state index in [0.29, 0.717) is 22.6 Å². The highest BCUT2D eigenvalue weighted by atomic mass is 32.1. The van der Waals surface area contributed by atoms with Gasteiger partial charge in [0.1, 0.15) is 0 Å². The monoisotopic (exact) mass is 547 g/mol. The molecule has 10 nitrogen and oxygen atoms in total. The van der Waals surface area contributed by atoms with E-state index in [2.05, 4.69) is 4.99 Å². The van der Waals surface area contributed by atoms with Gasteiger partial charge >= 0.3 is 12.1 Å². The smallest absolute Gasteiger partial charge is 0.434 e. The van der Waals surface area contributed by atoms with Gasteiger partial charge in [-0.2, -0.15) is 13.2 Å². The molecule has 0 saturated heterocycles. The number of halogens is 3. The number of carbonyl (C=O) groups is 1. The Balaban J connectivity index is 1.76. The van der Waals surface area contributed by atoms with Gasteiger partial charge in [0.05, 0.1) is 27.7 Å². The van der Waals surface area contributed by atoms with Crippen LogP contribution in [0.5, 0.6) is 11.5 Å². The number of benzene rings is 2. The van der Waals surface area contributed by atoms with Crippen LogP contribution in [-0.4, -0.2) is 35.0 Å². The molecule has 0 saturated carbocycles. The van der Waals surface area contributed by atoms with Gasteiger partial charge in [-0.15, -0.1) is 0 Å². The SMILES string of the molecule is CCOC(=O)C1=C(C(F)(F)F)N=c2s/c(=C\c3ccc([N+](=O)[O-])cc3)c(=O)n2[C@H]1c1ccc2c(c1)OCO2. The zero-order chi connectivity index (χ0) is 27.2. The van der Waals surface area contributed by atoms with Crippen molar-refractivity contribution >= 4 is 29.1 Å². The van der Waals surface area contributed by atoms with Gasteiger partial charge in [0.15, 0.2) is 22.0 Å². The Morgan fingerprint density at radius 1 is 1.24 bits per heavy atom. The number of hydrogen-bond donors (Lipinski definition) is 0. The Labute approximate surface area is 214 Å². The normalized spacial score (nSPS) is 16.7. The van der Waals surface area contributed by atoms with E-state index in [1.54, 1.807) is 0 Å². The molecule has 0 fully saturated rings. The lowest BCUT2D eigenvalue weighted by Crippen LogP contribution is -2.41. The highest BCUT2D eigenvalue weighted by Crippen LogP contribution is 2.41. The molecule has 0 bridgehead atoms. The number of fused-ring (bicyclic) bond motifs is 2. The number of alkyl halides is 3. The van der Waals surface area contributed by atoms with Crippen LogP contribution in [0, 0.1) is 10.1 Å². The third-order valence-corrected chi connectivity index (χ3v) is 6.69. The number of esters is 1. The Hall–Kier alpha value is -4.46. The number of allylic oxidation sites excluding steroid dienone is 1. The third kappa shape index (κ3) is 4.42. The van der Waals surface area contributed by atoms with E-state index in [0.717, 1.165) is 4.57 Å². The van der Waals surface area contributed by atoms with E-state index in [9.17, 15) is 32.9 Å². The molecule has 0 unspecified atom stereocenters. The second-order valence-corrected chi connectivity index (χ2v) is 9.03. The third-order valence-electron chi connectivity index (χ3n) is 5.71. The number of ether oxygens (including phenoxy) is 3. The van der Waals surface area contributed by atoms with Crippen molar-refractivity contribution in [1.29, 1.82) is 0 Å². The Morgan fingerprint density at radius 3 is 2.61 bits per heavy atom. The maximum absolute atomic E-state index is 14.2.